The average molecular weight is 543 g/mol. The highest BCUT2D eigenvalue weighted by Gasteiger charge is 2.26. The summed E-state index contributed by atoms with van der Waals surface area (Å²) in [5, 5.41) is 14.0. The van der Waals surface area contributed by atoms with E-state index < -0.39 is 20.7 Å². The molecular weight excluding hydrogens is 520 g/mol. The molecule has 0 saturated carbocycles. The van der Waals surface area contributed by atoms with Crippen LogP contribution >= 0.6 is 11.8 Å². The van der Waals surface area contributed by atoms with E-state index in [0.29, 0.717) is 38.1 Å². The molecule has 0 bridgehead atoms. The zero-order valence-corrected chi connectivity index (χ0v) is 21.6. The maximum Gasteiger partial charge on any atom is 0.311 e. The molecule has 192 valence electrons. The van der Waals surface area contributed by atoms with Gasteiger partial charge in [-0.3, -0.25) is 14.9 Å². The molecule has 0 unspecified atom stereocenters. The van der Waals surface area contributed by atoms with Crippen molar-refractivity contribution in [3.63, 3.8) is 0 Å². The summed E-state index contributed by atoms with van der Waals surface area (Å²) in [4.78, 5) is 24.5. The highest BCUT2D eigenvalue weighted by Crippen LogP contribution is 2.41. The van der Waals surface area contributed by atoms with E-state index in [-0.39, 0.29) is 22.1 Å². The number of nitrogens with one attached hydrogen (secondary N) is 1. The minimum Gasteiger partial charge on any atom is -0.496 e. The van der Waals surface area contributed by atoms with Gasteiger partial charge in [-0.25, -0.2) is 8.42 Å². The second-order valence-corrected chi connectivity index (χ2v) is 10.9. The van der Waals surface area contributed by atoms with Gasteiger partial charge in [-0.1, -0.05) is 23.9 Å². The lowest BCUT2D eigenvalue weighted by Gasteiger charge is -2.20. The van der Waals surface area contributed by atoms with Crippen LogP contribution in [0.25, 0.3) is 6.08 Å². The summed E-state index contributed by atoms with van der Waals surface area (Å²) in [5.41, 5.74) is 0.960. The summed E-state index contributed by atoms with van der Waals surface area (Å²) < 4.78 is 42.1. The molecule has 37 heavy (non-hydrogen) atoms. The number of carbonyl (C=O) groups is 1. The Balaban J connectivity index is 1.63. The number of methoxy groups -OCH3 is 3. The number of benzene rings is 3. The molecular formula is C25H22N2O8S2. The number of sulfone groups is 1. The number of hydrogen-bond donors (Lipinski definition) is 1. The highest BCUT2D eigenvalue weighted by molar-refractivity contribution is 8.04. The van der Waals surface area contributed by atoms with Crippen LogP contribution in [0.1, 0.15) is 11.1 Å². The van der Waals surface area contributed by atoms with E-state index in [9.17, 15) is 23.3 Å². The Bertz CT molecular complexity index is 1510. The first kappa shape index (κ1) is 26.0. The van der Waals surface area contributed by atoms with Crippen molar-refractivity contribution in [3.05, 3.63) is 80.7 Å². The maximum absolute atomic E-state index is 13.2. The van der Waals surface area contributed by atoms with Crippen LogP contribution in [-0.2, 0) is 20.4 Å². The van der Waals surface area contributed by atoms with Gasteiger partial charge < -0.3 is 19.5 Å². The van der Waals surface area contributed by atoms with Crippen molar-refractivity contribution in [2.75, 3.05) is 26.6 Å². The van der Waals surface area contributed by atoms with Gasteiger partial charge in [-0.15, -0.1) is 0 Å². The van der Waals surface area contributed by atoms with Gasteiger partial charge in [0.05, 0.1) is 53.1 Å². The van der Waals surface area contributed by atoms with Gasteiger partial charge in [0.2, 0.25) is 0 Å². The Morgan fingerprint density at radius 3 is 2.27 bits per heavy atom. The molecule has 12 heteroatoms. The second kappa shape index (κ2) is 10.5. The summed E-state index contributed by atoms with van der Waals surface area (Å²) in [7, 11) is 0.415. The molecule has 3 aromatic rings. The number of anilines is 1. The van der Waals surface area contributed by atoms with Gasteiger partial charge in [0.15, 0.2) is 15.6 Å². The van der Waals surface area contributed by atoms with Crippen molar-refractivity contribution in [1.29, 1.82) is 0 Å². The summed E-state index contributed by atoms with van der Waals surface area (Å²) in [5.74, 6) is 0.0628. The lowest BCUT2D eigenvalue weighted by atomic mass is 10.1. The van der Waals surface area contributed by atoms with Crippen molar-refractivity contribution >= 4 is 45.0 Å². The number of fused-ring (bicyclic) bond motifs is 1. The van der Waals surface area contributed by atoms with Gasteiger partial charge in [-0.2, -0.15) is 0 Å². The molecule has 1 N–H and O–H groups in total. The van der Waals surface area contributed by atoms with Crippen molar-refractivity contribution in [2.24, 2.45) is 0 Å². The lowest BCUT2D eigenvalue weighted by molar-refractivity contribution is -0.385. The average Bonchev–Trinajstić information content (AvgIpc) is 2.88. The number of ether oxygens (including phenoxy) is 3. The number of nitro benzene ring substituents is 1. The fraction of sp³-hybridized carbons (Fsp3) is 0.160. The van der Waals surface area contributed by atoms with E-state index in [1.165, 1.54) is 51.7 Å². The maximum atomic E-state index is 13.2. The molecule has 3 aromatic carbocycles. The third kappa shape index (κ3) is 5.39. The number of rotatable bonds is 8. The molecule has 0 atom stereocenters. The normalized spacial score (nSPS) is 14.0. The first-order valence-electron chi connectivity index (χ1n) is 10.8. The smallest absolute Gasteiger partial charge is 0.311 e. The monoisotopic (exact) mass is 542 g/mol. The zero-order chi connectivity index (χ0) is 26.7. The minimum atomic E-state index is -3.82. The van der Waals surface area contributed by atoms with Crippen molar-refractivity contribution in [2.45, 2.75) is 15.5 Å². The molecule has 1 heterocycles. The van der Waals surface area contributed by atoms with Gasteiger partial charge in [0, 0.05) is 11.0 Å². The molecule has 0 aromatic heterocycles. The lowest BCUT2D eigenvalue weighted by Crippen LogP contribution is -2.18. The Kier molecular flexibility index (Phi) is 7.41. The number of nitrogens with zero attached hydrogens (tertiary/aromatic N) is 1. The molecule has 0 spiro atoms. The van der Waals surface area contributed by atoms with Crippen molar-refractivity contribution < 1.29 is 32.3 Å². The van der Waals surface area contributed by atoms with Gasteiger partial charge in [0.1, 0.15) is 11.5 Å². The van der Waals surface area contributed by atoms with Gasteiger partial charge in [-0.05, 0) is 48.0 Å². The molecule has 0 radical (unpaired) electrons. The molecule has 10 nitrogen and oxygen atoms in total. The van der Waals surface area contributed by atoms with E-state index in [4.69, 9.17) is 14.2 Å². The van der Waals surface area contributed by atoms with Crippen LogP contribution < -0.4 is 19.5 Å². The number of amides is 1. The molecule has 1 aliphatic heterocycles. The van der Waals surface area contributed by atoms with Crippen LogP contribution in [0.2, 0.25) is 0 Å². The van der Waals surface area contributed by atoms with E-state index in [0.717, 1.165) is 11.8 Å². The summed E-state index contributed by atoms with van der Waals surface area (Å²) in [6, 6.07) is 13.9. The fourth-order valence-corrected chi connectivity index (χ4v) is 6.10. The molecule has 0 aliphatic carbocycles. The SMILES string of the molecule is COc1ccc(C=C2Sc3ccc(S(=O)(=O)Cc4c(OC)cccc4OC)cc3NC2=O)cc1[N+](=O)[O-]. The van der Waals surface area contributed by atoms with E-state index in [2.05, 4.69) is 5.32 Å². The minimum absolute atomic E-state index is 0.0262. The standard InChI is InChI=1S/C25H22N2O8S2/c1-33-20-5-4-6-21(34-2)17(20)14-37(31,32)16-8-10-23-18(13-16)26-25(28)24(36-23)12-15-7-9-22(35-3)19(11-15)27(29)30/h4-13H,14H2,1-3H3,(H,26,28). The van der Waals surface area contributed by atoms with Crippen LogP contribution in [0.15, 0.2) is 69.3 Å². The van der Waals surface area contributed by atoms with Gasteiger partial charge >= 0.3 is 5.69 Å². The summed E-state index contributed by atoms with van der Waals surface area (Å²) in [6.45, 7) is 0. The van der Waals surface area contributed by atoms with E-state index in [1.54, 1.807) is 30.3 Å². The van der Waals surface area contributed by atoms with Crippen LogP contribution in [0.3, 0.4) is 0 Å². The topological polar surface area (TPSA) is 134 Å². The van der Waals surface area contributed by atoms with Crippen LogP contribution in [0.5, 0.6) is 17.2 Å². The van der Waals surface area contributed by atoms with Crippen molar-refractivity contribution in [1.82, 2.24) is 0 Å². The third-order valence-electron chi connectivity index (χ3n) is 5.56. The molecule has 0 saturated heterocycles. The molecule has 1 amide bonds. The Labute approximate surface area is 217 Å². The largest absolute Gasteiger partial charge is 0.496 e. The van der Waals surface area contributed by atoms with Crippen LogP contribution in [0, 0.1) is 10.1 Å². The summed E-state index contributed by atoms with van der Waals surface area (Å²) >= 11 is 1.13. The quantitative estimate of drug-likeness (QED) is 0.245. The Morgan fingerprint density at radius 2 is 1.65 bits per heavy atom. The van der Waals surface area contributed by atoms with Crippen molar-refractivity contribution in [3.8, 4) is 17.2 Å². The third-order valence-corrected chi connectivity index (χ3v) is 8.30. The second-order valence-electron chi connectivity index (χ2n) is 7.81. The number of hydrogen-bond acceptors (Lipinski definition) is 9. The fourth-order valence-electron chi connectivity index (χ4n) is 3.77. The predicted octanol–water partition coefficient (Wildman–Crippen LogP) is 4.68. The number of thioether (sulfide) groups is 1. The van der Waals surface area contributed by atoms with E-state index >= 15 is 0 Å². The highest BCUT2D eigenvalue weighted by atomic mass is 32.2. The molecule has 1 aliphatic rings. The van der Waals surface area contributed by atoms with Crippen LogP contribution in [0.4, 0.5) is 11.4 Å². The first-order chi connectivity index (χ1) is 17.7. The zero-order valence-electron chi connectivity index (χ0n) is 20.0. The first-order valence-corrected chi connectivity index (χ1v) is 13.2. The number of nitro groups is 1. The number of carbonyl (C=O) groups excluding carboxylic acids is 1. The molecule has 4 rings (SSSR count). The van der Waals surface area contributed by atoms with Gasteiger partial charge in [0.25, 0.3) is 5.91 Å². The van der Waals surface area contributed by atoms with E-state index in [1.807, 2.05) is 0 Å². The summed E-state index contributed by atoms with van der Waals surface area (Å²) in [6.07, 6.45) is 1.52. The Morgan fingerprint density at radius 1 is 0.973 bits per heavy atom. The van der Waals surface area contributed by atoms with Crippen LogP contribution in [-0.4, -0.2) is 40.6 Å². The molecule has 0 fully saturated rings. The Hall–Kier alpha value is -4.03. The predicted molar refractivity (Wildman–Crippen MR) is 139 cm³/mol.